The minimum Gasteiger partial charge on any atom is -0.505 e. The molecule has 16 heavy (non-hydrogen) atoms. The summed E-state index contributed by atoms with van der Waals surface area (Å²) in [6.07, 6.45) is 9.21. The van der Waals surface area contributed by atoms with Gasteiger partial charge in [0.05, 0.1) is 13.4 Å². The van der Waals surface area contributed by atoms with E-state index in [1.807, 2.05) is 6.26 Å². The van der Waals surface area contributed by atoms with E-state index >= 15 is 0 Å². The number of rotatable bonds is 3. The summed E-state index contributed by atoms with van der Waals surface area (Å²) in [5.74, 6) is 0. The van der Waals surface area contributed by atoms with Gasteiger partial charge in [-0.1, -0.05) is 42.7 Å². The first-order valence-electron chi connectivity index (χ1n) is 6.04. The highest BCUT2D eigenvalue weighted by Crippen LogP contribution is 2.42. The van der Waals surface area contributed by atoms with Crippen LogP contribution in [0.4, 0.5) is 0 Å². The van der Waals surface area contributed by atoms with Crippen LogP contribution in [0.2, 0.25) is 0 Å². The molecule has 0 radical (unpaired) electrons. The fourth-order valence-corrected chi connectivity index (χ4v) is 2.64. The Morgan fingerprint density at radius 1 is 1.12 bits per heavy atom. The van der Waals surface area contributed by atoms with Gasteiger partial charge in [-0.3, -0.25) is 0 Å². The van der Waals surface area contributed by atoms with Crippen molar-refractivity contribution < 1.29 is 4.74 Å². The van der Waals surface area contributed by atoms with Crippen molar-refractivity contribution in [1.29, 1.82) is 0 Å². The maximum atomic E-state index is 5.09. The predicted molar refractivity (Wildman–Crippen MR) is 67.5 cm³/mol. The Morgan fingerprint density at radius 2 is 1.75 bits per heavy atom. The average molecular weight is 216 g/mol. The van der Waals surface area contributed by atoms with E-state index in [-0.39, 0.29) is 5.41 Å². The van der Waals surface area contributed by atoms with Gasteiger partial charge in [0.25, 0.3) is 0 Å². The molecule has 1 aliphatic carbocycles. The monoisotopic (exact) mass is 216 g/mol. The molecular formula is C15H20O. The molecule has 1 aliphatic rings. The zero-order valence-electron chi connectivity index (χ0n) is 10.2. The highest BCUT2D eigenvalue weighted by molar-refractivity contribution is 5.33. The van der Waals surface area contributed by atoms with E-state index in [0.717, 1.165) is 0 Å². The van der Waals surface area contributed by atoms with Crippen molar-refractivity contribution in [2.75, 3.05) is 7.11 Å². The molecule has 0 aliphatic heterocycles. The summed E-state index contributed by atoms with van der Waals surface area (Å²) in [5, 5.41) is 0. The topological polar surface area (TPSA) is 9.23 Å². The molecule has 0 amide bonds. The van der Waals surface area contributed by atoms with Crippen molar-refractivity contribution in [2.45, 2.75) is 38.0 Å². The third-order valence-corrected chi connectivity index (χ3v) is 3.65. The first-order chi connectivity index (χ1) is 7.77. The van der Waals surface area contributed by atoms with Crippen LogP contribution < -0.4 is 0 Å². The standard InChI is InChI=1S/C15H20O/c1-13-5-7-14(8-6-13)15(11-12-16-2)9-3-4-10-15/h5-8,11-12H,3-4,9-10H2,1-2H3/b12-11+. The van der Waals surface area contributed by atoms with Gasteiger partial charge >= 0.3 is 0 Å². The molecule has 0 N–H and O–H groups in total. The molecule has 0 atom stereocenters. The molecule has 0 saturated heterocycles. The van der Waals surface area contributed by atoms with Crippen LogP contribution in [-0.2, 0) is 10.2 Å². The van der Waals surface area contributed by atoms with Gasteiger partial charge in [0, 0.05) is 5.41 Å². The number of methoxy groups -OCH3 is 1. The fraction of sp³-hybridized carbons (Fsp3) is 0.467. The van der Waals surface area contributed by atoms with Gasteiger partial charge in [0.15, 0.2) is 0 Å². The summed E-state index contributed by atoms with van der Waals surface area (Å²) in [6.45, 7) is 2.14. The van der Waals surface area contributed by atoms with Crippen molar-refractivity contribution >= 4 is 0 Å². The minimum atomic E-state index is 0.226. The van der Waals surface area contributed by atoms with E-state index in [4.69, 9.17) is 4.74 Å². The maximum Gasteiger partial charge on any atom is 0.0793 e. The van der Waals surface area contributed by atoms with Crippen molar-refractivity contribution in [3.63, 3.8) is 0 Å². The van der Waals surface area contributed by atoms with Crippen LogP contribution in [0.3, 0.4) is 0 Å². The average Bonchev–Trinajstić information content (AvgIpc) is 2.77. The Labute approximate surface area is 98.1 Å². The Morgan fingerprint density at radius 3 is 2.31 bits per heavy atom. The number of hydrogen-bond donors (Lipinski definition) is 0. The van der Waals surface area contributed by atoms with Crippen LogP contribution in [0.1, 0.15) is 36.8 Å². The van der Waals surface area contributed by atoms with E-state index in [2.05, 4.69) is 37.3 Å². The Kier molecular flexibility index (Phi) is 3.33. The van der Waals surface area contributed by atoms with E-state index in [1.165, 1.54) is 36.8 Å². The molecule has 1 saturated carbocycles. The lowest BCUT2D eigenvalue weighted by atomic mass is 9.79. The number of ether oxygens (including phenoxy) is 1. The molecular weight excluding hydrogens is 196 g/mol. The number of hydrogen-bond acceptors (Lipinski definition) is 1. The highest BCUT2D eigenvalue weighted by Gasteiger charge is 2.32. The summed E-state index contributed by atoms with van der Waals surface area (Å²) in [7, 11) is 1.72. The second-order valence-electron chi connectivity index (χ2n) is 4.77. The van der Waals surface area contributed by atoms with Crippen molar-refractivity contribution in [1.82, 2.24) is 0 Å². The lowest BCUT2D eigenvalue weighted by Crippen LogP contribution is -2.18. The third-order valence-electron chi connectivity index (χ3n) is 3.65. The van der Waals surface area contributed by atoms with Crippen molar-refractivity contribution in [3.05, 3.63) is 47.7 Å². The molecule has 0 heterocycles. The zero-order chi connectivity index (χ0) is 11.4. The summed E-state index contributed by atoms with van der Waals surface area (Å²) in [5.41, 5.74) is 2.99. The molecule has 0 bridgehead atoms. The van der Waals surface area contributed by atoms with Crippen LogP contribution >= 0.6 is 0 Å². The molecule has 1 nitrogen and oxygen atoms in total. The van der Waals surface area contributed by atoms with E-state index in [1.54, 1.807) is 7.11 Å². The largest absolute Gasteiger partial charge is 0.505 e. The lowest BCUT2D eigenvalue weighted by molar-refractivity contribution is 0.331. The predicted octanol–water partition coefficient (Wildman–Crippen LogP) is 3.97. The Bertz CT molecular complexity index is 356. The van der Waals surface area contributed by atoms with Crippen LogP contribution in [0.15, 0.2) is 36.6 Å². The summed E-state index contributed by atoms with van der Waals surface area (Å²) in [6, 6.07) is 8.94. The summed E-state index contributed by atoms with van der Waals surface area (Å²) < 4.78 is 5.09. The smallest absolute Gasteiger partial charge is 0.0793 e. The van der Waals surface area contributed by atoms with Gasteiger partial charge in [-0.25, -0.2) is 0 Å². The van der Waals surface area contributed by atoms with E-state index in [9.17, 15) is 0 Å². The second kappa shape index (κ2) is 4.73. The molecule has 1 aromatic rings. The molecule has 2 rings (SSSR count). The van der Waals surface area contributed by atoms with Crippen LogP contribution in [0.25, 0.3) is 0 Å². The molecule has 0 unspecified atom stereocenters. The van der Waals surface area contributed by atoms with Gasteiger partial charge in [0.2, 0.25) is 0 Å². The number of allylic oxidation sites excluding steroid dienone is 1. The Hall–Kier alpha value is -1.24. The lowest BCUT2D eigenvalue weighted by Gasteiger charge is -2.25. The van der Waals surface area contributed by atoms with Crippen LogP contribution in [0.5, 0.6) is 0 Å². The molecule has 1 fully saturated rings. The van der Waals surface area contributed by atoms with Crippen molar-refractivity contribution in [2.24, 2.45) is 0 Å². The third kappa shape index (κ3) is 2.13. The first kappa shape index (κ1) is 11.3. The normalized spacial score (nSPS) is 19.1. The van der Waals surface area contributed by atoms with Gasteiger partial charge in [-0.2, -0.15) is 0 Å². The number of benzene rings is 1. The van der Waals surface area contributed by atoms with Gasteiger partial charge in [-0.15, -0.1) is 0 Å². The zero-order valence-corrected chi connectivity index (χ0v) is 10.2. The fourth-order valence-electron chi connectivity index (χ4n) is 2.64. The molecule has 0 spiro atoms. The maximum absolute atomic E-state index is 5.09. The van der Waals surface area contributed by atoms with Crippen molar-refractivity contribution in [3.8, 4) is 0 Å². The molecule has 86 valence electrons. The second-order valence-corrected chi connectivity index (χ2v) is 4.77. The van der Waals surface area contributed by atoms with Crippen LogP contribution in [-0.4, -0.2) is 7.11 Å². The SMILES string of the molecule is CO/C=C/C1(c2ccc(C)cc2)CCCC1. The molecule has 1 aromatic carbocycles. The van der Waals surface area contributed by atoms with E-state index < -0.39 is 0 Å². The minimum absolute atomic E-state index is 0.226. The van der Waals surface area contributed by atoms with E-state index in [0.29, 0.717) is 0 Å². The van der Waals surface area contributed by atoms with Crippen LogP contribution in [0, 0.1) is 6.92 Å². The summed E-state index contributed by atoms with van der Waals surface area (Å²) >= 11 is 0. The summed E-state index contributed by atoms with van der Waals surface area (Å²) in [4.78, 5) is 0. The van der Waals surface area contributed by atoms with Gasteiger partial charge in [-0.05, 0) is 31.4 Å². The quantitative estimate of drug-likeness (QED) is 0.695. The highest BCUT2D eigenvalue weighted by atomic mass is 16.5. The Balaban J connectivity index is 2.31. The molecule has 0 aromatic heterocycles. The van der Waals surface area contributed by atoms with Gasteiger partial charge < -0.3 is 4.74 Å². The molecule has 1 heteroatoms. The van der Waals surface area contributed by atoms with Gasteiger partial charge in [0.1, 0.15) is 0 Å². The number of aryl methyl sites for hydroxylation is 1. The first-order valence-corrected chi connectivity index (χ1v) is 6.04.